The van der Waals surface area contributed by atoms with Gasteiger partial charge in [0.2, 0.25) is 0 Å². The van der Waals surface area contributed by atoms with E-state index in [0.717, 1.165) is 0 Å². The normalized spacial score (nSPS) is 12.8. The first-order valence-electron chi connectivity index (χ1n) is 2.27. The van der Waals surface area contributed by atoms with Crippen molar-refractivity contribution in [2.45, 2.75) is 13.0 Å². The Labute approximate surface area is 47.1 Å². The number of hydrogen-bond donors (Lipinski definition) is 3. The van der Waals surface area contributed by atoms with E-state index in [4.69, 9.17) is 10.2 Å². The minimum Gasteiger partial charge on any atom is -0.465 e. The Morgan fingerprint density at radius 1 is 1.88 bits per heavy atom. The van der Waals surface area contributed by atoms with Crippen LogP contribution in [0.2, 0.25) is 0 Å². The SMILES string of the molecule is C[C@H](CO)NC(=O)O. The molecule has 3 N–H and O–H groups in total. The van der Waals surface area contributed by atoms with Crippen molar-refractivity contribution in [3.05, 3.63) is 0 Å². The van der Waals surface area contributed by atoms with Crippen molar-refractivity contribution in [1.82, 2.24) is 5.32 Å². The lowest BCUT2D eigenvalue weighted by atomic mass is 10.4. The predicted octanol–water partition coefficient (Wildman–Crippen LogP) is -0.365. The topological polar surface area (TPSA) is 69.6 Å². The van der Waals surface area contributed by atoms with E-state index in [0.29, 0.717) is 0 Å². The third kappa shape index (κ3) is 3.42. The lowest BCUT2D eigenvalue weighted by Crippen LogP contribution is -2.33. The van der Waals surface area contributed by atoms with Crippen LogP contribution in [0, 0.1) is 0 Å². The second kappa shape index (κ2) is 3.26. The Hall–Kier alpha value is -0.770. The maximum atomic E-state index is 9.75. The average Bonchev–Trinajstić information content (AvgIpc) is 1.65. The van der Waals surface area contributed by atoms with Gasteiger partial charge in [-0.15, -0.1) is 0 Å². The molecule has 48 valence electrons. The zero-order valence-electron chi connectivity index (χ0n) is 4.59. The van der Waals surface area contributed by atoms with Crippen LogP contribution in [-0.2, 0) is 0 Å². The van der Waals surface area contributed by atoms with Gasteiger partial charge >= 0.3 is 6.09 Å². The van der Waals surface area contributed by atoms with Crippen LogP contribution in [0.15, 0.2) is 0 Å². The summed E-state index contributed by atoms with van der Waals surface area (Å²) >= 11 is 0. The largest absolute Gasteiger partial charge is 0.465 e. The van der Waals surface area contributed by atoms with Gasteiger partial charge in [0.1, 0.15) is 0 Å². The van der Waals surface area contributed by atoms with Gasteiger partial charge in [0.25, 0.3) is 0 Å². The van der Waals surface area contributed by atoms with Crippen LogP contribution in [0.4, 0.5) is 4.79 Å². The first kappa shape index (κ1) is 7.23. The highest BCUT2D eigenvalue weighted by atomic mass is 16.4. The highest BCUT2D eigenvalue weighted by Crippen LogP contribution is 1.75. The minimum absolute atomic E-state index is 0.160. The third-order valence-electron chi connectivity index (χ3n) is 0.644. The van der Waals surface area contributed by atoms with Crippen molar-refractivity contribution in [1.29, 1.82) is 0 Å². The van der Waals surface area contributed by atoms with Crippen molar-refractivity contribution in [2.75, 3.05) is 6.61 Å². The van der Waals surface area contributed by atoms with Gasteiger partial charge in [-0.3, -0.25) is 0 Å². The molecule has 0 saturated carbocycles. The van der Waals surface area contributed by atoms with Crippen LogP contribution in [0.1, 0.15) is 6.92 Å². The maximum absolute atomic E-state index is 9.75. The first-order chi connectivity index (χ1) is 3.66. The average molecular weight is 119 g/mol. The Balaban J connectivity index is 3.24. The fourth-order valence-corrected chi connectivity index (χ4v) is 0.256. The molecule has 0 aromatic carbocycles. The van der Waals surface area contributed by atoms with Crippen molar-refractivity contribution >= 4 is 6.09 Å². The quantitative estimate of drug-likeness (QED) is 0.464. The predicted molar refractivity (Wildman–Crippen MR) is 27.7 cm³/mol. The van der Waals surface area contributed by atoms with Gasteiger partial charge in [-0.1, -0.05) is 0 Å². The van der Waals surface area contributed by atoms with E-state index >= 15 is 0 Å². The Morgan fingerprint density at radius 2 is 2.38 bits per heavy atom. The van der Waals surface area contributed by atoms with Crippen molar-refractivity contribution < 1.29 is 15.0 Å². The first-order valence-corrected chi connectivity index (χ1v) is 2.27. The lowest BCUT2D eigenvalue weighted by Gasteiger charge is -2.04. The fourth-order valence-electron chi connectivity index (χ4n) is 0.256. The summed E-state index contributed by atoms with van der Waals surface area (Å²) in [5.74, 6) is 0. The Bertz CT molecular complexity index is 83.4. The third-order valence-corrected chi connectivity index (χ3v) is 0.644. The Morgan fingerprint density at radius 3 is 2.50 bits per heavy atom. The highest BCUT2D eigenvalue weighted by molar-refractivity contribution is 5.64. The number of carboxylic acid groups (broad SMARTS) is 1. The van der Waals surface area contributed by atoms with Crippen molar-refractivity contribution in [3.63, 3.8) is 0 Å². The molecule has 0 radical (unpaired) electrons. The van der Waals surface area contributed by atoms with E-state index in [2.05, 4.69) is 5.32 Å². The van der Waals surface area contributed by atoms with Gasteiger partial charge in [0.15, 0.2) is 0 Å². The summed E-state index contributed by atoms with van der Waals surface area (Å²) in [6.07, 6.45) is -1.11. The van der Waals surface area contributed by atoms with Gasteiger partial charge in [-0.2, -0.15) is 0 Å². The van der Waals surface area contributed by atoms with Gasteiger partial charge in [0.05, 0.1) is 12.6 Å². The summed E-state index contributed by atoms with van der Waals surface area (Å²) in [4.78, 5) is 9.75. The van der Waals surface area contributed by atoms with Gasteiger partial charge in [-0.05, 0) is 6.92 Å². The standard InChI is InChI=1S/C4H9NO3/c1-3(2-6)5-4(7)8/h3,5-6H,2H2,1H3,(H,7,8)/t3-/m1/s1. The molecular weight excluding hydrogens is 110 g/mol. The summed E-state index contributed by atoms with van der Waals surface area (Å²) in [6.45, 7) is 1.42. The smallest absolute Gasteiger partial charge is 0.404 e. The molecule has 0 spiro atoms. The zero-order valence-corrected chi connectivity index (χ0v) is 4.59. The minimum atomic E-state index is -1.11. The molecule has 0 aliphatic heterocycles. The molecule has 0 bridgehead atoms. The maximum Gasteiger partial charge on any atom is 0.404 e. The number of amides is 1. The molecule has 4 nitrogen and oxygen atoms in total. The van der Waals surface area contributed by atoms with Gasteiger partial charge < -0.3 is 15.5 Å². The molecule has 0 rings (SSSR count). The molecule has 1 amide bonds. The number of carbonyl (C=O) groups is 1. The van der Waals surface area contributed by atoms with Crippen molar-refractivity contribution in [2.24, 2.45) is 0 Å². The molecule has 4 heteroatoms. The van der Waals surface area contributed by atoms with E-state index < -0.39 is 6.09 Å². The number of rotatable bonds is 2. The Kier molecular flexibility index (Phi) is 2.95. The van der Waals surface area contributed by atoms with Crippen LogP contribution < -0.4 is 5.32 Å². The number of aliphatic hydroxyl groups excluding tert-OH is 1. The van der Waals surface area contributed by atoms with E-state index in [1.165, 1.54) is 0 Å². The molecule has 0 aliphatic rings. The van der Waals surface area contributed by atoms with Crippen LogP contribution in [0.25, 0.3) is 0 Å². The highest BCUT2D eigenvalue weighted by Gasteiger charge is 2.00. The van der Waals surface area contributed by atoms with E-state index in [1.807, 2.05) is 0 Å². The summed E-state index contributed by atoms with van der Waals surface area (Å²) in [6, 6.07) is -0.368. The lowest BCUT2D eigenvalue weighted by molar-refractivity contribution is 0.180. The van der Waals surface area contributed by atoms with Gasteiger partial charge in [0, 0.05) is 0 Å². The second-order valence-electron chi connectivity index (χ2n) is 1.53. The summed E-state index contributed by atoms with van der Waals surface area (Å²) in [5.41, 5.74) is 0. The number of aliphatic hydroxyl groups is 1. The summed E-state index contributed by atoms with van der Waals surface area (Å²) in [7, 11) is 0. The second-order valence-corrected chi connectivity index (χ2v) is 1.53. The number of hydrogen-bond acceptors (Lipinski definition) is 2. The monoisotopic (exact) mass is 119 g/mol. The fraction of sp³-hybridized carbons (Fsp3) is 0.750. The van der Waals surface area contributed by atoms with E-state index in [1.54, 1.807) is 6.92 Å². The molecule has 1 atom stereocenters. The van der Waals surface area contributed by atoms with Crippen LogP contribution in [-0.4, -0.2) is 29.0 Å². The molecule has 0 aliphatic carbocycles. The summed E-state index contributed by atoms with van der Waals surface area (Å²) < 4.78 is 0. The number of nitrogens with one attached hydrogen (secondary N) is 1. The molecule has 0 aromatic heterocycles. The van der Waals surface area contributed by atoms with Crippen LogP contribution in [0.3, 0.4) is 0 Å². The van der Waals surface area contributed by atoms with Crippen molar-refractivity contribution in [3.8, 4) is 0 Å². The molecule has 0 fully saturated rings. The molecule has 0 heterocycles. The molecular formula is C4H9NO3. The van der Waals surface area contributed by atoms with Crippen LogP contribution in [0.5, 0.6) is 0 Å². The van der Waals surface area contributed by atoms with Gasteiger partial charge in [-0.25, -0.2) is 4.79 Å². The molecule has 8 heavy (non-hydrogen) atoms. The zero-order chi connectivity index (χ0) is 6.57. The van der Waals surface area contributed by atoms with E-state index in [-0.39, 0.29) is 12.6 Å². The summed E-state index contributed by atoms with van der Waals surface area (Å²) in [5, 5.41) is 18.3. The molecule has 0 saturated heterocycles. The molecule has 0 unspecified atom stereocenters. The van der Waals surface area contributed by atoms with Crippen LogP contribution >= 0.6 is 0 Å². The molecule has 0 aromatic rings. The van der Waals surface area contributed by atoms with E-state index in [9.17, 15) is 4.79 Å².